The fourth-order valence-electron chi connectivity index (χ4n) is 4.21. The number of nitrogens with zero attached hydrogens (tertiary/aromatic N) is 4. The summed E-state index contributed by atoms with van der Waals surface area (Å²) in [6, 6.07) is 13.3. The zero-order valence-corrected chi connectivity index (χ0v) is 18.7. The molecule has 166 valence electrons. The highest BCUT2D eigenvalue weighted by Gasteiger charge is 2.19. The first-order valence-electron chi connectivity index (χ1n) is 10.9. The molecular weight excluding hydrogens is 426 g/mol. The molecule has 1 aliphatic rings. The van der Waals surface area contributed by atoms with E-state index in [4.69, 9.17) is 4.52 Å². The van der Waals surface area contributed by atoms with Gasteiger partial charge in [0.05, 0.1) is 22.3 Å². The maximum atomic E-state index is 12.4. The van der Waals surface area contributed by atoms with E-state index in [9.17, 15) is 8.42 Å². The van der Waals surface area contributed by atoms with Crippen molar-refractivity contribution >= 4 is 21.1 Å². The van der Waals surface area contributed by atoms with Crippen molar-refractivity contribution < 1.29 is 12.9 Å². The molecule has 0 radical (unpaired) electrons. The van der Waals surface area contributed by atoms with Gasteiger partial charge in [0, 0.05) is 24.6 Å². The Balaban J connectivity index is 1.25. The highest BCUT2D eigenvalue weighted by molar-refractivity contribution is 7.89. The van der Waals surface area contributed by atoms with Crippen LogP contribution in [0.25, 0.3) is 22.4 Å². The van der Waals surface area contributed by atoms with Gasteiger partial charge >= 0.3 is 0 Å². The molecule has 0 atom stereocenters. The summed E-state index contributed by atoms with van der Waals surface area (Å²) in [6.45, 7) is 2.08. The first-order valence-corrected chi connectivity index (χ1v) is 12.3. The summed E-state index contributed by atoms with van der Waals surface area (Å²) in [5, 5.41) is 4.06. The molecule has 2 heterocycles. The van der Waals surface area contributed by atoms with Crippen LogP contribution in [0.2, 0.25) is 0 Å². The maximum Gasteiger partial charge on any atom is 0.240 e. The van der Waals surface area contributed by atoms with Crippen LogP contribution in [0.15, 0.2) is 58.2 Å². The van der Waals surface area contributed by atoms with E-state index in [-0.39, 0.29) is 11.4 Å². The van der Waals surface area contributed by atoms with Gasteiger partial charge in [-0.2, -0.15) is 4.98 Å². The van der Waals surface area contributed by atoms with Gasteiger partial charge in [0.15, 0.2) is 0 Å². The molecule has 1 saturated carbocycles. The summed E-state index contributed by atoms with van der Waals surface area (Å²) in [5.41, 5.74) is 3.86. The van der Waals surface area contributed by atoms with Crippen molar-refractivity contribution in [1.29, 1.82) is 0 Å². The van der Waals surface area contributed by atoms with Crippen LogP contribution in [0, 0.1) is 6.92 Å². The summed E-state index contributed by atoms with van der Waals surface area (Å²) < 4.78 is 35.0. The number of hydrogen-bond acceptors (Lipinski definition) is 6. The maximum absolute atomic E-state index is 12.4. The molecule has 5 rings (SSSR count). The topological polar surface area (TPSA) is 103 Å². The second-order valence-corrected chi connectivity index (χ2v) is 10.0. The number of aromatic nitrogens is 4. The zero-order chi connectivity index (χ0) is 22.1. The smallest absolute Gasteiger partial charge is 0.240 e. The minimum atomic E-state index is -3.57. The predicted octanol–water partition coefficient (Wildman–Crippen LogP) is 4.03. The van der Waals surface area contributed by atoms with Crippen LogP contribution in [0.4, 0.5) is 0 Å². The molecule has 9 heteroatoms. The quantitative estimate of drug-likeness (QED) is 0.455. The number of aryl methyl sites for hydroxylation is 1. The summed E-state index contributed by atoms with van der Waals surface area (Å²) in [7, 11) is -3.57. The number of nitrogens with one attached hydrogen (secondary N) is 1. The Hall–Kier alpha value is -3.04. The van der Waals surface area contributed by atoms with Crippen LogP contribution >= 0.6 is 0 Å². The summed E-state index contributed by atoms with van der Waals surface area (Å²) in [6.07, 6.45) is 7.18. The van der Waals surface area contributed by atoms with E-state index < -0.39 is 10.0 Å². The van der Waals surface area contributed by atoms with Crippen LogP contribution in [0.5, 0.6) is 0 Å². The minimum Gasteiger partial charge on any atom is -0.339 e. The first kappa shape index (κ1) is 20.8. The molecule has 0 unspecified atom stereocenters. The first-order chi connectivity index (χ1) is 15.5. The van der Waals surface area contributed by atoms with E-state index in [1.807, 2.05) is 25.4 Å². The van der Waals surface area contributed by atoms with Gasteiger partial charge in [-0.3, -0.25) is 0 Å². The van der Waals surface area contributed by atoms with Gasteiger partial charge in [0.25, 0.3) is 0 Å². The molecule has 1 aliphatic carbocycles. The van der Waals surface area contributed by atoms with E-state index in [2.05, 4.69) is 30.5 Å². The summed E-state index contributed by atoms with van der Waals surface area (Å²) >= 11 is 0. The molecule has 0 amide bonds. The summed E-state index contributed by atoms with van der Waals surface area (Å²) in [5.74, 6) is 0.849. The van der Waals surface area contributed by atoms with E-state index in [1.165, 1.54) is 25.7 Å². The standard InChI is InChI=1S/C23H25N5O3S/c1-16-6-9-19(10-7-16)32(29,30)25-13-12-22-26-23(27-31-22)17-8-11-21-20(14-17)24-15-28(21)18-4-2-3-5-18/h6-11,14-15,18,25H,2-5,12-13H2,1H3. The molecule has 1 fully saturated rings. The molecule has 0 saturated heterocycles. The summed E-state index contributed by atoms with van der Waals surface area (Å²) in [4.78, 5) is 9.23. The van der Waals surface area contributed by atoms with Gasteiger partial charge < -0.3 is 9.09 Å². The van der Waals surface area contributed by atoms with Gasteiger partial charge in [-0.1, -0.05) is 35.7 Å². The third kappa shape index (κ3) is 4.18. The minimum absolute atomic E-state index is 0.169. The van der Waals surface area contributed by atoms with Gasteiger partial charge in [0.2, 0.25) is 21.7 Å². The SMILES string of the molecule is Cc1ccc(S(=O)(=O)NCCc2nc(-c3ccc4c(c3)ncn4C3CCCC3)no2)cc1. The molecule has 8 nitrogen and oxygen atoms in total. The van der Waals surface area contributed by atoms with Crippen LogP contribution in [0.1, 0.15) is 43.2 Å². The highest BCUT2D eigenvalue weighted by Crippen LogP contribution is 2.32. The average Bonchev–Trinajstić information content (AvgIpc) is 3.54. The van der Waals surface area contributed by atoms with Gasteiger partial charge in [-0.15, -0.1) is 0 Å². The fourth-order valence-corrected chi connectivity index (χ4v) is 5.24. The number of sulfonamides is 1. The van der Waals surface area contributed by atoms with Crippen molar-refractivity contribution in [2.75, 3.05) is 6.54 Å². The molecule has 1 N–H and O–H groups in total. The lowest BCUT2D eigenvalue weighted by molar-refractivity contribution is 0.379. The second kappa shape index (κ2) is 8.48. The third-order valence-corrected chi connectivity index (χ3v) is 7.46. The Morgan fingerprint density at radius 2 is 1.91 bits per heavy atom. The van der Waals surface area contributed by atoms with Crippen molar-refractivity contribution in [1.82, 2.24) is 24.4 Å². The molecular formula is C23H25N5O3S. The Morgan fingerprint density at radius 3 is 2.69 bits per heavy atom. The van der Waals surface area contributed by atoms with Crippen LogP contribution < -0.4 is 4.72 Å². The lowest BCUT2D eigenvalue weighted by Gasteiger charge is -2.11. The van der Waals surface area contributed by atoms with Gasteiger partial charge in [0.1, 0.15) is 0 Å². The normalized spacial score (nSPS) is 15.0. The van der Waals surface area contributed by atoms with Gasteiger partial charge in [-0.05, 0) is 50.1 Å². The Kier molecular flexibility index (Phi) is 5.52. The number of imidazole rings is 1. The molecule has 0 bridgehead atoms. The average molecular weight is 452 g/mol. The molecule has 0 spiro atoms. The zero-order valence-electron chi connectivity index (χ0n) is 17.9. The third-order valence-electron chi connectivity index (χ3n) is 5.98. The molecule has 32 heavy (non-hydrogen) atoms. The van der Waals surface area contributed by atoms with E-state index >= 15 is 0 Å². The van der Waals surface area contributed by atoms with Crippen molar-refractivity contribution in [2.45, 2.75) is 50.0 Å². The Morgan fingerprint density at radius 1 is 1.12 bits per heavy atom. The van der Waals surface area contributed by atoms with E-state index in [1.54, 1.807) is 24.3 Å². The van der Waals surface area contributed by atoms with Crippen molar-refractivity contribution in [3.8, 4) is 11.4 Å². The Labute approximate surface area is 186 Å². The largest absolute Gasteiger partial charge is 0.339 e. The van der Waals surface area contributed by atoms with Crippen LogP contribution in [-0.4, -0.2) is 34.7 Å². The van der Waals surface area contributed by atoms with Gasteiger partial charge in [-0.25, -0.2) is 18.1 Å². The number of rotatable bonds is 7. The van der Waals surface area contributed by atoms with Crippen molar-refractivity contribution in [3.05, 3.63) is 60.2 Å². The molecule has 2 aromatic carbocycles. The lowest BCUT2D eigenvalue weighted by Crippen LogP contribution is -2.26. The number of benzene rings is 2. The van der Waals surface area contributed by atoms with Crippen LogP contribution in [0.3, 0.4) is 0 Å². The predicted molar refractivity (Wildman–Crippen MR) is 121 cm³/mol. The van der Waals surface area contributed by atoms with Crippen molar-refractivity contribution in [3.63, 3.8) is 0 Å². The highest BCUT2D eigenvalue weighted by atomic mass is 32.2. The fraction of sp³-hybridized carbons (Fsp3) is 0.348. The van der Waals surface area contributed by atoms with E-state index in [0.717, 1.165) is 22.2 Å². The number of fused-ring (bicyclic) bond motifs is 1. The molecule has 2 aromatic heterocycles. The molecule has 4 aromatic rings. The molecule has 0 aliphatic heterocycles. The van der Waals surface area contributed by atoms with Crippen LogP contribution in [-0.2, 0) is 16.4 Å². The Bertz CT molecular complexity index is 1340. The monoisotopic (exact) mass is 451 g/mol. The van der Waals surface area contributed by atoms with Crippen molar-refractivity contribution in [2.24, 2.45) is 0 Å². The second-order valence-electron chi connectivity index (χ2n) is 8.27. The van der Waals surface area contributed by atoms with E-state index in [0.29, 0.717) is 24.2 Å². The lowest BCUT2D eigenvalue weighted by atomic mass is 10.1. The number of hydrogen-bond donors (Lipinski definition) is 1.